The minimum Gasteiger partial charge on any atom is -0.439 e. The second-order valence-corrected chi connectivity index (χ2v) is 6.68. The fourth-order valence-electron chi connectivity index (χ4n) is 2.27. The molecule has 0 spiro atoms. The van der Waals surface area contributed by atoms with Crippen molar-refractivity contribution in [2.45, 2.75) is 0 Å². The Balaban J connectivity index is 2.26. The lowest BCUT2D eigenvalue weighted by Gasteiger charge is -2.28. The van der Waals surface area contributed by atoms with Crippen LogP contribution in [0.5, 0.6) is 5.75 Å². The molecule has 0 fully saturated rings. The lowest BCUT2D eigenvalue weighted by atomic mass is 10.0. The van der Waals surface area contributed by atoms with Crippen LogP contribution in [0.2, 0.25) is 0 Å². The third-order valence-electron chi connectivity index (χ3n) is 3.09. The zero-order valence-electron chi connectivity index (χ0n) is 9.74. The van der Waals surface area contributed by atoms with Crippen molar-refractivity contribution in [3.05, 3.63) is 48.5 Å². The molecule has 3 nitrogen and oxygen atoms in total. The van der Waals surface area contributed by atoms with Gasteiger partial charge in [-0.1, -0.05) is 36.4 Å². The van der Waals surface area contributed by atoms with Crippen molar-refractivity contribution in [2.75, 3.05) is 12.8 Å². The van der Waals surface area contributed by atoms with Crippen LogP contribution in [-0.2, 0) is 4.57 Å². The maximum absolute atomic E-state index is 12.8. The van der Waals surface area contributed by atoms with Crippen molar-refractivity contribution in [1.29, 1.82) is 0 Å². The summed E-state index contributed by atoms with van der Waals surface area (Å²) in [4.78, 5) is 0. The Hall–Kier alpha value is -1.57. The summed E-state index contributed by atoms with van der Waals surface area (Å²) in [5, 5.41) is 9.81. The van der Waals surface area contributed by atoms with Gasteiger partial charge in [0.1, 0.15) is 5.75 Å². The molecule has 2 aromatic carbocycles. The fourth-order valence-corrected chi connectivity index (χ4v) is 4.32. The Bertz CT molecular complexity index is 636. The SMILES string of the molecule is O=P1(CCO)Oc2ccccc2-c2ccccc21. The fraction of sp³-hybridized carbons (Fsp3) is 0.143. The van der Waals surface area contributed by atoms with Gasteiger partial charge >= 0.3 is 0 Å². The van der Waals surface area contributed by atoms with E-state index in [-0.39, 0.29) is 12.8 Å². The normalized spacial score (nSPS) is 20.7. The summed E-state index contributed by atoms with van der Waals surface area (Å²) in [6, 6.07) is 15.1. The lowest BCUT2D eigenvalue weighted by molar-refractivity contribution is 0.316. The summed E-state index contributed by atoms with van der Waals surface area (Å²) in [6.07, 6.45) is 0.151. The summed E-state index contributed by atoms with van der Waals surface area (Å²) in [7, 11) is -2.99. The van der Waals surface area contributed by atoms with Crippen molar-refractivity contribution in [3.63, 3.8) is 0 Å². The highest BCUT2D eigenvalue weighted by Crippen LogP contribution is 2.53. The molecule has 0 saturated heterocycles. The molecule has 4 heteroatoms. The van der Waals surface area contributed by atoms with Crippen LogP contribution >= 0.6 is 7.37 Å². The van der Waals surface area contributed by atoms with E-state index in [1.807, 2.05) is 48.5 Å². The number of fused-ring (bicyclic) bond motifs is 3. The van der Waals surface area contributed by atoms with Gasteiger partial charge in [-0.2, -0.15) is 0 Å². The predicted octanol–water partition coefficient (Wildman–Crippen LogP) is 2.64. The number of para-hydroxylation sites is 1. The molecule has 18 heavy (non-hydrogen) atoms. The third kappa shape index (κ3) is 1.67. The Morgan fingerprint density at radius 2 is 1.67 bits per heavy atom. The minimum atomic E-state index is -2.99. The molecule has 1 heterocycles. The Morgan fingerprint density at radius 3 is 2.44 bits per heavy atom. The number of hydrogen-bond donors (Lipinski definition) is 1. The van der Waals surface area contributed by atoms with Crippen LogP contribution in [0.15, 0.2) is 48.5 Å². The van der Waals surface area contributed by atoms with Gasteiger partial charge in [-0.15, -0.1) is 0 Å². The molecule has 1 N–H and O–H groups in total. The first kappa shape index (κ1) is 11.5. The van der Waals surface area contributed by atoms with Crippen molar-refractivity contribution in [3.8, 4) is 16.9 Å². The van der Waals surface area contributed by atoms with Crippen molar-refractivity contribution < 1.29 is 14.2 Å². The molecule has 0 radical (unpaired) electrons. The Labute approximate surface area is 105 Å². The van der Waals surface area contributed by atoms with E-state index in [0.717, 1.165) is 11.1 Å². The second kappa shape index (κ2) is 4.27. The first-order chi connectivity index (χ1) is 8.74. The second-order valence-electron chi connectivity index (χ2n) is 4.23. The van der Waals surface area contributed by atoms with Gasteiger partial charge in [0.05, 0.1) is 18.1 Å². The van der Waals surface area contributed by atoms with Gasteiger partial charge in [-0.25, -0.2) is 0 Å². The number of aliphatic hydroxyl groups excluding tert-OH is 1. The molecule has 1 aliphatic rings. The first-order valence-corrected chi connectivity index (χ1v) is 7.64. The van der Waals surface area contributed by atoms with Gasteiger partial charge in [0.25, 0.3) is 7.37 Å². The Morgan fingerprint density at radius 1 is 1.00 bits per heavy atom. The molecule has 1 atom stereocenters. The highest BCUT2D eigenvalue weighted by atomic mass is 31.2. The highest BCUT2D eigenvalue weighted by Gasteiger charge is 2.34. The molecule has 1 aliphatic heterocycles. The van der Waals surface area contributed by atoms with Gasteiger partial charge in [-0.05, 0) is 17.7 Å². The van der Waals surface area contributed by atoms with Gasteiger partial charge in [0.2, 0.25) is 0 Å². The molecule has 0 bridgehead atoms. The number of benzene rings is 2. The summed E-state index contributed by atoms with van der Waals surface area (Å²) < 4.78 is 18.5. The van der Waals surface area contributed by atoms with E-state index < -0.39 is 7.37 Å². The zero-order valence-corrected chi connectivity index (χ0v) is 10.6. The lowest BCUT2D eigenvalue weighted by Crippen LogP contribution is -2.20. The predicted molar refractivity (Wildman–Crippen MR) is 71.7 cm³/mol. The minimum absolute atomic E-state index is 0.145. The maximum atomic E-state index is 12.8. The van der Waals surface area contributed by atoms with Crippen LogP contribution < -0.4 is 9.83 Å². The smallest absolute Gasteiger partial charge is 0.280 e. The Kier molecular flexibility index (Phi) is 2.73. The van der Waals surface area contributed by atoms with Crippen molar-refractivity contribution in [2.24, 2.45) is 0 Å². The molecule has 1 unspecified atom stereocenters. The van der Waals surface area contributed by atoms with Crippen LogP contribution in [0.3, 0.4) is 0 Å². The summed E-state index contributed by atoms with van der Waals surface area (Å²) >= 11 is 0. The molecular formula is C14H13O3P. The maximum Gasteiger partial charge on any atom is 0.280 e. The van der Waals surface area contributed by atoms with E-state index in [1.54, 1.807) is 0 Å². The van der Waals surface area contributed by atoms with E-state index >= 15 is 0 Å². The third-order valence-corrected chi connectivity index (χ3v) is 5.49. The molecular weight excluding hydrogens is 247 g/mol. The van der Waals surface area contributed by atoms with Gasteiger partial charge in [0, 0.05) is 5.56 Å². The van der Waals surface area contributed by atoms with E-state index in [4.69, 9.17) is 9.63 Å². The number of aliphatic hydroxyl groups is 1. The molecule has 0 amide bonds. The van der Waals surface area contributed by atoms with Gasteiger partial charge in [0.15, 0.2) is 0 Å². The van der Waals surface area contributed by atoms with Crippen molar-refractivity contribution >= 4 is 12.7 Å². The molecule has 92 valence electrons. The van der Waals surface area contributed by atoms with E-state index in [1.165, 1.54) is 0 Å². The van der Waals surface area contributed by atoms with Crippen LogP contribution in [0.25, 0.3) is 11.1 Å². The molecule has 3 rings (SSSR count). The van der Waals surface area contributed by atoms with E-state index in [0.29, 0.717) is 11.1 Å². The molecule has 0 saturated carbocycles. The van der Waals surface area contributed by atoms with Crippen LogP contribution in [0.1, 0.15) is 0 Å². The first-order valence-electron chi connectivity index (χ1n) is 5.83. The topological polar surface area (TPSA) is 46.5 Å². The monoisotopic (exact) mass is 260 g/mol. The molecule has 0 aliphatic carbocycles. The largest absolute Gasteiger partial charge is 0.439 e. The van der Waals surface area contributed by atoms with Crippen molar-refractivity contribution in [1.82, 2.24) is 0 Å². The van der Waals surface area contributed by atoms with Crippen LogP contribution in [-0.4, -0.2) is 17.9 Å². The summed E-state index contributed by atoms with van der Waals surface area (Å²) in [6.45, 7) is -0.145. The summed E-state index contributed by atoms with van der Waals surface area (Å²) in [5.74, 6) is 0.632. The molecule has 0 aromatic heterocycles. The summed E-state index contributed by atoms with van der Waals surface area (Å²) in [5.41, 5.74) is 1.90. The average molecular weight is 260 g/mol. The average Bonchev–Trinajstić information content (AvgIpc) is 2.39. The van der Waals surface area contributed by atoms with Crippen LogP contribution in [0.4, 0.5) is 0 Å². The van der Waals surface area contributed by atoms with Gasteiger partial charge < -0.3 is 9.63 Å². The standard InChI is InChI=1S/C14H13O3P/c15-9-10-18(16)14-8-4-2-6-12(14)11-5-1-3-7-13(11)17-18/h1-8,15H,9-10H2. The molecule has 2 aromatic rings. The quantitative estimate of drug-likeness (QED) is 0.844. The van der Waals surface area contributed by atoms with E-state index in [2.05, 4.69) is 0 Å². The van der Waals surface area contributed by atoms with Crippen LogP contribution in [0, 0.1) is 0 Å². The number of rotatable bonds is 2. The van der Waals surface area contributed by atoms with Gasteiger partial charge in [-0.3, -0.25) is 4.57 Å². The van der Waals surface area contributed by atoms with E-state index in [9.17, 15) is 4.57 Å². The highest BCUT2D eigenvalue weighted by molar-refractivity contribution is 7.67. The zero-order chi connectivity index (χ0) is 12.6. The number of hydrogen-bond acceptors (Lipinski definition) is 3.